The Morgan fingerprint density at radius 3 is 1.90 bits per heavy atom. The standard InChI is InChI=1S/C25H35O2Si.Sn.H/c1-4-5-6-13-20-26-21-14-15-22-27-28(23(2)3,24-16-9-7-10-17-24)25-18-11-8-12-19-25;;/h7-12,14-19H,4-6,13,20-22H2,1-3H3;;. The van der Waals surface area contributed by atoms with Crippen LogP contribution in [0.25, 0.3) is 0 Å². The fourth-order valence-corrected chi connectivity index (χ4v) is 11.5. The monoisotopic (exact) mass is 516 g/mol. The van der Waals surface area contributed by atoms with Crippen molar-refractivity contribution in [3.8, 4) is 0 Å². The van der Waals surface area contributed by atoms with E-state index in [0.717, 1.165) is 35.6 Å². The number of hydrogen-bond acceptors (Lipinski definition) is 2. The molecule has 0 amide bonds. The summed E-state index contributed by atoms with van der Waals surface area (Å²) in [6, 6.07) is 21.7. The second kappa shape index (κ2) is 12.7. The number of unbranched alkanes of at least 4 members (excludes halogenated alkanes) is 3. The Balaban J connectivity index is 2.08. The van der Waals surface area contributed by atoms with Crippen molar-refractivity contribution in [2.75, 3.05) is 19.8 Å². The zero-order chi connectivity index (χ0) is 21.0. The van der Waals surface area contributed by atoms with Crippen LogP contribution < -0.4 is 10.4 Å². The molecule has 2 radical (unpaired) electrons. The van der Waals surface area contributed by atoms with Gasteiger partial charge in [0, 0.05) is 0 Å². The van der Waals surface area contributed by atoms with Gasteiger partial charge in [-0.05, 0) is 0 Å². The maximum absolute atomic E-state index is 6.85. The summed E-state index contributed by atoms with van der Waals surface area (Å²) in [5.41, 5.74) is 0. The summed E-state index contributed by atoms with van der Waals surface area (Å²) >= 11 is 1.14. The molecule has 0 saturated heterocycles. The molecule has 2 aromatic rings. The van der Waals surface area contributed by atoms with Crippen LogP contribution in [-0.4, -0.2) is 50.7 Å². The van der Waals surface area contributed by atoms with Crippen molar-refractivity contribution in [3.63, 3.8) is 0 Å². The van der Waals surface area contributed by atoms with Crippen molar-refractivity contribution < 1.29 is 9.16 Å². The van der Waals surface area contributed by atoms with Crippen LogP contribution in [0.5, 0.6) is 0 Å². The third-order valence-electron chi connectivity index (χ3n) is 5.19. The Hall–Kier alpha value is -0.884. The van der Waals surface area contributed by atoms with Gasteiger partial charge in [-0.3, -0.25) is 0 Å². The molecule has 156 valence electrons. The molecule has 29 heavy (non-hydrogen) atoms. The van der Waals surface area contributed by atoms with E-state index in [1.807, 2.05) is 0 Å². The van der Waals surface area contributed by atoms with E-state index in [2.05, 4.69) is 93.6 Å². The van der Waals surface area contributed by atoms with Gasteiger partial charge < -0.3 is 0 Å². The van der Waals surface area contributed by atoms with Gasteiger partial charge in [-0.15, -0.1) is 0 Å². The van der Waals surface area contributed by atoms with E-state index >= 15 is 0 Å². The van der Waals surface area contributed by atoms with Gasteiger partial charge in [0.05, 0.1) is 0 Å². The van der Waals surface area contributed by atoms with Crippen LogP contribution in [0.1, 0.15) is 46.5 Å². The SMILES string of the molecule is CCCCCCOCC=CCO[Si](c1ccccc1)(c1ccccc1)[C](C)(C)[SnH]. The molecule has 0 spiro atoms. The average molecular weight is 515 g/mol. The summed E-state index contributed by atoms with van der Waals surface area (Å²) in [4.78, 5) is 0. The zero-order valence-corrected chi connectivity index (χ0v) is 22.6. The molecule has 0 heterocycles. The second-order valence-corrected chi connectivity index (χ2v) is 17.9. The van der Waals surface area contributed by atoms with E-state index in [9.17, 15) is 0 Å². The Morgan fingerprint density at radius 1 is 0.828 bits per heavy atom. The number of rotatable bonds is 13. The fourth-order valence-electron chi connectivity index (χ4n) is 3.70. The molecular weight excluding hydrogens is 479 g/mol. The van der Waals surface area contributed by atoms with E-state index in [-0.39, 0.29) is 3.05 Å². The molecule has 0 bridgehead atoms. The minimum atomic E-state index is -2.37. The molecule has 0 fully saturated rings. The normalized spacial score (nSPS) is 12.6. The van der Waals surface area contributed by atoms with Crippen molar-refractivity contribution in [1.82, 2.24) is 0 Å². The van der Waals surface area contributed by atoms with E-state index in [1.54, 1.807) is 0 Å². The van der Waals surface area contributed by atoms with E-state index in [1.165, 1.54) is 29.6 Å². The van der Waals surface area contributed by atoms with Crippen LogP contribution in [0.3, 0.4) is 0 Å². The first-order chi connectivity index (χ1) is 14.0. The first-order valence-corrected chi connectivity index (χ1v) is 14.3. The molecule has 4 heteroatoms. The van der Waals surface area contributed by atoms with Crippen LogP contribution in [0.4, 0.5) is 0 Å². The summed E-state index contributed by atoms with van der Waals surface area (Å²) in [6.07, 6.45) is 9.22. The summed E-state index contributed by atoms with van der Waals surface area (Å²) in [5, 5.41) is 2.70. The van der Waals surface area contributed by atoms with Crippen LogP contribution >= 0.6 is 0 Å². The van der Waals surface area contributed by atoms with Gasteiger partial charge in [0.15, 0.2) is 0 Å². The molecule has 2 rings (SSSR count). The van der Waals surface area contributed by atoms with Crippen molar-refractivity contribution in [2.24, 2.45) is 0 Å². The van der Waals surface area contributed by atoms with Gasteiger partial charge in [-0.1, -0.05) is 13.3 Å². The number of ether oxygens (including phenoxy) is 1. The Bertz CT molecular complexity index is 671. The van der Waals surface area contributed by atoms with Crippen LogP contribution in [0, 0.1) is 0 Å². The third kappa shape index (κ3) is 7.09. The van der Waals surface area contributed by atoms with Gasteiger partial charge in [-0.25, -0.2) is 0 Å². The molecule has 0 unspecified atom stereocenters. The topological polar surface area (TPSA) is 18.5 Å². The van der Waals surface area contributed by atoms with Crippen molar-refractivity contribution in [1.29, 1.82) is 0 Å². The molecule has 0 aliphatic carbocycles. The predicted molar refractivity (Wildman–Crippen MR) is 129 cm³/mol. The maximum atomic E-state index is 6.85. The van der Waals surface area contributed by atoms with Gasteiger partial charge in [-0.2, -0.15) is 0 Å². The van der Waals surface area contributed by atoms with E-state index in [0.29, 0.717) is 13.2 Å². The van der Waals surface area contributed by atoms with E-state index in [4.69, 9.17) is 9.16 Å². The Morgan fingerprint density at radius 2 is 1.38 bits per heavy atom. The molecule has 0 saturated carbocycles. The van der Waals surface area contributed by atoms with Gasteiger partial charge in [0.1, 0.15) is 0 Å². The van der Waals surface area contributed by atoms with Crippen molar-refractivity contribution >= 4 is 41.2 Å². The number of benzene rings is 2. The van der Waals surface area contributed by atoms with Crippen molar-refractivity contribution in [3.05, 3.63) is 72.8 Å². The first kappa shape index (κ1) is 24.4. The van der Waals surface area contributed by atoms with Crippen molar-refractivity contribution in [2.45, 2.75) is 49.5 Å². The van der Waals surface area contributed by atoms with Gasteiger partial charge >= 0.3 is 179 Å². The average Bonchev–Trinajstić information content (AvgIpc) is 2.72. The van der Waals surface area contributed by atoms with Gasteiger partial charge in [0.25, 0.3) is 0 Å². The molecule has 2 aromatic carbocycles. The quantitative estimate of drug-likeness (QED) is 0.222. The van der Waals surface area contributed by atoms with E-state index < -0.39 is 8.32 Å². The summed E-state index contributed by atoms with van der Waals surface area (Å²) < 4.78 is 12.7. The summed E-state index contributed by atoms with van der Waals surface area (Å²) in [6.45, 7) is 9.11. The summed E-state index contributed by atoms with van der Waals surface area (Å²) in [7, 11) is -2.37. The zero-order valence-electron chi connectivity index (χ0n) is 18.3. The Kier molecular flexibility index (Phi) is 10.7. The molecule has 0 aromatic heterocycles. The molecule has 0 aliphatic heterocycles. The van der Waals surface area contributed by atoms with Crippen LogP contribution in [-0.2, 0) is 9.16 Å². The van der Waals surface area contributed by atoms with Crippen LogP contribution in [0.15, 0.2) is 72.8 Å². The molecule has 2 nitrogen and oxygen atoms in total. The fraction of sp³-hybridized carbons (Fsp3) is 0.440. The molecule has 0 aliphatic rings. The molecule has 0 N–H and O–H groups in total. The number of hydrogen-bond donors (Lipinski definition) is 0. The molecular formula is C25H36O2SiSn. The first-order valence-electron chi connectivity index (χ1n) is 10.8. The van der Waals surface area contributed by atoms with Gasteiger partial charge in [0.2, 0.25) is 0 Å². The van der Waals surface area contributed by atoms with Crippen LogP contribution in [0.2, 0.25) is 3.05 Å². The second-order valence-electron chi connectivity index (χ2n) is 8.05. The third-order valence-corrected chi connectivity index (χ3v) is 13.4. The summed E-state index contributed by atoms with van der Waals surface area (Å²) in [5.74, 6) is 0. The molecule has 0 atom stereocenters. The Labute approximate surface area is 191 Å². The predicted octanol–water partition coefficient (Wildman–Crippen LogP) is 4.55. The minimum absolute atomic E-state index is 0.143.